The van der Waals surface area contributed by atoms with E-state index < -0.39 is 0 Å². The number of hydrogen-bond donors (Lipinski definition) is 1. The van der Waals surface area contributed by atoms with Gasteiger partial charge in [-0.15, -0.1) is 0 Å². The van der Waals surface area contributed by atoms with Crippen LogP contribution in [-0.4, -0.2) is 17.6 Å². The Balaban J connectivity index is 1.65. The molecule has 0 saturated heterocycles. The maximum Gasteiger partial charge on any atom is 0.0482 e. The third-order valence-corrected chi connectivity index (χ3v) is 5.20. The normalized spacial score (nSPS) is 24.0. The quantitative estimate of drug-likeness (QED) is 0.927. The number of nitrogens with one attached hydrogen (secondary N) is 1. The number of hydrogen-bond acceptors (Lipinski definition) is 2. The molecule has 2 heteroatoms. The van der Waals surface area contributed by atoms with Crippen molar-refractivity contribution in [2.75, 3.05) is 6.54 Å². The van der Waals surface area contributed by atoms with Gasteiger partial charge in [-0.1, -0.05) is 37.3 Å². The first kappa shape index (κ1) is 13.0. The minimum absolute atomic E-state index is 0.529. The Morgan fingerprint density at radius 1 is 1.14 bits per heavy atom. The van der Waals surface area contributed by atoms with Gasteiger partial charge in [-0.25, -0.2) is 0 Å². The zero-order valence-electron chi connectivity index (χ0n) is 12.5. The van der Waals surface area contributed by atoms with E-state index in [0.29, 0.717) is 17.9 Å². The van der Waals surface area contributed by atoms with Crippen molar-refractivity contribution in [1.29, 1.82) is 0 Å². The Morgan fingerprint density at radius 3 is 2.86 bits per heavy atom. The van der Waals surface area contributed by atoms with Crippen molar-refractivity contribution in [3.8, 4) is 0 Å². The molecule has 1 N–H and O–H groups in total. The summed E-state index contributed by atoms with van der Waals surface area (Å²) in [5.74, 6) is 1.22. The molecule has 0 spiro atoms. The minimum atomic E-state index is 0.529. The lowest BCUT2D eigenvalue weighted by Gasteiger charge is -2.40. The number of pyridine rings is 1. The molecule has 1 aromatic heterocycles. The van der Waals surface area contributed by atoms with Gasteiger partial charge in [-0.05, 0) is 48.6 Å². The molecule has 2 nitrogen and oxygen atoms in total. The van der Waals surface area contributed by atoms with Crippen LogP contribution in [0.5, 0.6) is 0 Å². The maximum atomic E-state index is 4.70. The van der Waals surface area contributed by atoms with Gasteiger partial charge < -0.3 is 5.32 Å². The second-order valence-corrected chi connectivity index (χ2v) is 6.29. The van der Waals surface area contributed by atoms with Crippen molar-refractivity contribution in [3.63, 3.8) is 0 Å². The van der Waals surface area contributed by atoms with Crippen molar-refractivity contribution < 1.29 is 0 Å². The van der Waals surface area contributed by atoms with E-state index in [9.17, 15) is 0 Å². The van der Waals surface area contributed by atoms with Crippen LogP contribution in [0.3, 0.4) is 0 Å². The zero-order valence-corrected chi connectivity index (χ0v) is 12.5. The Hall–Kier alpha value is -1.67. The SMILES string of the molecule is CCNC(C1Cc2ccccc21)C1CCc2cccnc21. The molecule has 2 aliphatic carbocycles. The third kappa shape index (κ3) is 2.09. The van der Waals surface area contributed by atoms with Crippen molar-refractivity contribution in [1.82, 2.24) is 10.3 Å². The van der Waals surface area contributed by atoms with Crippen LogP contribution in [0, 0.1) is 0 Å². The van der Waals surface area contributed by atoms with Crippen LogP contribution in [0.25, 0.3) is 0 Å². The van der Waals surface area contributed by atoms with Crippen LogP contribution in [0.1, 0.15) is 47.6 Å². The molecule has 1 aromatic carbocycles. The van der Waals surface area contributed by atoms with Crippen LogP contribution in [0.15, 0.2) is 42.6 Å². The number of aryl methyl sites for hydroxylation is 1. The molecule has 0 aliphatic heterocycles. The molecule has 3 atom stereocenters. The highest BCUT2D eigenvalue weighted by Crippen LogP contribution is 2.45. The number of nitrogens with zero attached hydrogens (tertiary/aromatic N) is 1. The summed E-state index contributed by atoms with van der Waals surface area (Å²) < 4.78 is 0. The van der Waals surface area contributed by atoms with Crippen LogP contribution >= 0.6 is 0 Å². The fourth-order valence-electron chi connectivity index (χ4n) is 4.21. The average Bonchev–Trinajstić information content (AvgIpc) is 2.91. The van der Waals surface area contributed by atoms with Gasteiger partial charge in [0.25, 0.3) is 0 Å². The molecule has 2 aromatic rings. The van der Waals surface area contributed by atoms with E-state index >= 15 is 0 Å². The van der Waals surface area contributed by atoms with Gasteiger partial charge in [0.2, 0.25) is 0 Å². The fraction of sp³-hybridized carbons (Fsp3) is 0.421. The van der Waals surface area contributed by atoms with Gasteiger partial charge in [0.05, 0.1) is 0 Å². The monoisotopic (exact) mass is 278 g/mol. The van der Waals surface area contributed by atoms with Gasteiger partial charge in [0, 0.05) is 29.8 Å². The zero-order chi connectivity index (χ0) is 14.2. The van der Waals surface area contributed by atoms with Crippen molar-refractivity contribution in [2.45, 2.75) is 44.1 Å². The van der Waals surface area contributed by atoms with Crippen LogP contribution < -0.4 is 5.32 Å². The second-order valence-electron chi connectivity index (χ2n) is 6.29. The lowest BCUT2D eigenvalue weighted by atomic mass is 9.69. The number of fused-ring (bicyclic) bond motifs is 2. The van der Waals surface area contributed by atoms with Crippen LogP contribution in [0.4, 0.5) is 0 Å². The second kappa shape index (κ2) is 5.27. The lowest BCUT2D eigenvalue weighted by Crippen LogP contribution is -2.43. The lowest BCUT2D eigenvalue weighted by molar-refractivity contribution is 0.345. The van der Waals surface area contributed by atoms with E-state index in [2.05, 4.69) is 48.6 Å². The molecule has 3 unspecified atom stereocenters. The topological polar surface area (TPSA) is 24.9 Å². The molecular weight excluding hydrogens is 256 g/mol. The van der Waals surface area contributed by atoms with E-state index in [1.54, 1.807) is 5.56 Å². The van der Waals surface area contributed by atoms with Crippen molar-refractivity contribution in [3.05, 3.63) is 65.0 Å². The summed E-state index contributed by atoms with van der Waals surface area (Å²) in [6.45, 7) is 3.24. The summed E-state index contributed by atoms with van der Waals surface area (Å²) in [6, 6.07) is 13.8. The number of benzene rings is 1. The van der Waals surface area contributed by atoms with Gasteiger partial charge >= 0.3 is 0 Å². The number of aromatic nitrogens is 1. The Bertz CT molecular complexity index is 650. The largest absolute Gasteiger partial charge is 0.313 e. The summed E-state index contributed by atoms with van der Waals surface area (Å²) in [7, 11) is 0. The molecule has 0 amide bonds. The van der Waals surface area contributed by atoms with Crippen LogP contribution in [-0.2, 0) is 12.8 Å². The molecule has 0 bridgehead atoms. The van der Waals surface area contributed by atoms with E-state index in [0.717, 1.165) is 6.54 Å². The number of rotatable bonds is 4. The van der Waals surface area contributed by atoms with E-state index in [1.165, 1.54) is 36.1 Å². The first-order chi connectivity index (χ1) is 10.4. The fourth-order valence-corrected chi connectivity index (χ4v) is 4.21. The first-order valence-electron chi connectivity index (χ1n) is 8.13. The van der Waals surface area contributed by atoms with Crippen molar-refractivity contribution in [2.24, 2.45) is 0 Å². The smallest absolute Gasteiger partial charge is 0.0482 e. The minimum Gasteiger partial charge on any atom is -0.313 e. The van der Waals surface area contributed by atoms with Gasteiger partial charge in [0.1, 0.15) is 0 Å². The van der Waals surface area contributed by atoms with Gasteiger partial charge in [-0.3, -0.25) is 4.98 Å². The summed E-state index contributed by atoms with van der Waals surface area (Å²) in [5.41, 5.74) is 5.88. The van der Waals surface area contributed by atoms with Crippen LogP contribution in [0.2, 0.25) is 0 Å². The summed E-state index contributed by atoms with van der Waals surface area (Å²) in [5, 5.41) is 3.77. The highest BCUT2D eigenvalue weighted by Gasteiger charge is 2.40. The first-order valence-corrected chi connectivity index (χ1v) is 8.13. The van der Waals surface area contributed by atoms with Gasteiger partial charge in [-0.2, -0.15) is 0 Å². The Labute approximate surface area is 126 Å². The van der Waals surface area contributed by atoms with Crippen molar-refractivity contribution >= 4 is 0 Å². The molecular formula is C19H22N2. The average molecular weight is 278 g/mol. The highest BCUT2D eigenvalue weighted by atomic mass is 14.9. The van der Waals surface area contributed by atoms with E-state index in [4.69, 9.17) is 4.98 Å². The summed E-state index contributed by atoms with van der Waals surface area (Å²) in [4.78, 5) is 4.70. The Kier molecular flexibility index (Phi) is 3.27. The summed E-state index contributed by atoms with van der Waals surface area (Å²) in [6.07, 6.45) is 5.59. The predicted molar refractivity (Wildman–Crippen MR) is 85.7 cm³/mol. The highest BCUT2D eigenvalue weighted by molar-refractivity contribution is 5.43. The molecule has 108 valence electrons. The van der Waals surface area contributed by atoms with Gasteiger partial charge in [0.15, 0.2) is 0 Å². The Morgan fingerprint density at radius 2 is 2.00 bits per heavy atom. The maximum absolute atomic E-state index is 4.70. The summed E-state index contributed by atoms with van der Waals surface area (Å²) >= 11 is 0. The predicted octanol–water partition coefficient (Wildman–Crippen LogP) is 3.43. The molecule has 4 rings (SSSR count). The molecule has 0 radical (unpaired) electrons. The van der Waals surface area contributed by atoms with E-state index in [1.807, 2.05) is 6.20 Å². The molecule has 0 fully saturated rings. The molecule has 2 aliphatic rings. The third-order valence-electron chi connectivity index (χ3n) is 5.20. The molecule has 21 heavy (non-hydrogen) atoms. The standard InChI is InChI=1S/C19H22N2/c1-2-20-19(17-12-14-6-3-4-8-15(14)17)16-10-9-13-7-5-11-21-18(13)16/h3-8,11,16-17,19-20H,2,9-10,12H2,1H3. The molecule has 1 heterocycles. The molecule has 0 saturated carbocycles. The van der Waals surface area contributed by atoms with E-state index in [-0.39, 0.29) is 0 Å². The number of likely N-dealkylation sites (N-methyl/N-ethyl adjacent to an activating group) is 1.